The Labute approximate surface area is 205 Å². The summed E-state index contributed by atoms with van der Waals surface area (Å²) in [4.78, 5) is 40.3. The van der Waals surface area contributed by atoms with E-state index in [0.29, 0.717) is 29.3 Å². The molecule has 0 saturated carbocycles. The van der Waals surface area contributed by atoms with Crippen LogP contribution in [0.2, 0.25) is 0 Å². The molecule has 0 spiro atoms. The number of fused-ring (bicyclic) bond motifs is 1. The maximum atomic E-state index is 13.7. The molecule has 188 valence electrons. The fraction of sp³-hybridized carbons (Fsp3) is 0.577. The van der Waals surface area contributed by atoms with Gasteiger partial charge in [0.05, 0.1) is 12.4 Å². The first-order valence-electron chi connectivity index (χ1n) is 12.8. The average molecular weight is 483 g/mol. The topological polar surface area (TPSA) is 96.2 Å². The molecular formula is C26H35FN6O2. The lowest BCUT2D eigenvalue weighted by Crippen LogP contribution is -2.58. The van der Waals surface area contributed by atoms with Crippen molar-refractivity contribution in [2.24, 2.45) is 5.92 Å². The van der Waals surface area contributed by atoms with Gasteiger partial charge < -0.3 is 9.88 Å². The Morgan fingerprint density at radius 3 is 2.51 bits per heavy atom. The van der Waals surface area contributed by atoms with Gasteiger partial charge in [0.1, 0.15) is 17.0 Å². The number of aromatic amines is 1. The summed E-state index contributed by atoms with van der Waals surface area (Å²) in [6, 6.07) is 1.34. The van der Waals surface area contributed by atoms with E-state index in [1.165, 1.54) is 36.6 Å². The molecule has 0 bridgehead atoms. The second kappa shape index (κ2) is 11.1. The van der Waals surface area contributed by atoms with Gasteiger partial charge in [0.2, 0.25) is 0 Å². The molecule has 1 amide bonds. The van der Waals surface area contributed by atoms with Crippen molar-refractivity contribution in [3.05, 3.63) is 45.8 Å². The third-order valence-corrected chi connectivity index (χ3v) is 7.10. The molecule has 0 aliphatic carbocycles. The SMILES string of the molecule is CCCCCCCCCc1cc(=O)n2nc(-c3nccnc3C)c(C(=O)N3C[C@H](CF)[C@@H]3C)c2[nH]1. The summed E-state index contributed by atoms with van der Waals surface area (Å²) in [5.41, 5.74) is 2.52. The van der Waals surface area contributed by atoms with Crippen LogP contribution < -0.4 is 5.56 Å². The minimum atomic E-state index is -0.463. The summed E-state index contributed by atoms with van der Waals surface area (Å²) in [5, 5.41) is 4.50. The number of aryl methyl sites for hydroxylation is 2. The van der Waals surface area contributed by atoms with Crippen molar-refractivity contribution in [3.63, 3.8) is 0 Å². The van der Waals surface area contributed by atoms with Gasteiger partial charge in [-0.1, -0.05) is 45.4 Å². The molecule has 3 aromatic rings. The van der Waals surface area contributed by atoms with Crippen LogP contribution in [0.25, 0.3) is 17.0 Å². The van der Waals surface area contributed by atoms with Crippen LogP contribution in [0.15, 0.2) is 23.3 Å². The van der Waals surface area contributed by atoms with Crippen LogP contribution in [-0.2, 0) is 6.42 Å². The highest BCUT2D eigenvalue weighted by molar-refractivity contribution is 6.05. The Hall–Kier alpha value is -3.10. The molecule has 0 unspecified atom stereocenters. The van der Waals surface area contributed by atoms with Crippen LogP contribution in [0.3, 0.4) is 0 Å². The molecule has 1 N–H and O–H groups in total. The minimum Gasteiger partial charge on any atom is -0.343 e. The number of alkyl halides is 1. The normalized spacial score (nSPS) is 17.7. The van der Waals surface area contributed by atoms with Gasteiger partial charge in [-0.2, -0.15) is 9.61 Å². The van der Waals surface area contributed by atoms with Gasteiger partial charge in [0, 0.05) is 42.7 Å². The Kier molecular flexibility index (Phi) is 7.93. The first-order valence-corrected chi connectivity index (χ1v) is 12.8. The molecule has 1 saturated heterocycles. The number of nitrogens with zero attached hydrogens (tertiary/aromatic N) is 5. The highest BCUT2D eigenvalue weighted by Gasteiger charge is 2.41. The monoisotopic (exact) mass is 482 g/mol. The number of H-pyrrole nitrogens is 1. The summed E-state index contributed by atoms with van der Waals surface area (Å²) in [7, 11) is 0. The number of halogens is 1. The molecule has 4 rings (SSSR count). The zero-order chi connectivity index (χ0) is 24.9. The number of nitrogens with one attached hydrogen (secondary N) is 1. The van der Waals surface area contributed by atoms with Crippen molar-refractivity contribution in [2.45, 2.75) is 78.2 Å². The van der Waals surface area contributed by atoms with Crippen molar-refractivity contribution >= 4 is 11.6 Å². The Morgan fingerprint density at radius 2 is 1.83 bits per heavy atom. The third kappa shape index (κ3) is 5.13. The van der Waals surface area contributed by atoms with Crippen molar-refractivity contribution in [3.8, 4) is 11.4 Å². The van der Waals surface area contributed by atoms with Crippen molar-refractivity contribution in [2.75, 3.05) is 13.2 Å². The van der Waals surface area contributed by atoms with E-state index in [1.54, 1.807) is 30.3 Å². The molecule has 9 heteroatoms. The zero-order valence-electron chi connectivity index (χ0n) is 20.9. The summed E-state index contributed by atoms with van der Waals surface area (Å²) in [6.45, 7) is 5.73. The molecule has 1 aliphatic rings. The number of unbranched alkanes of at least 4 members (excludes halogenated alkanes) is 6. The van der Waals surface area contributed by atoms with E-state index in [1.807, 2.05) is 6.92 Å². The number of hydrogen-bond acceptors (Lipinski definition) is 5. The lowest BCUT2D eigenvalue weighted by Gasteiger charge is -2.45. The van der Waals surface area contributed by atoms with Crippen molar-refractivity contribution in [1.29, 1.82) is 0 Å². The molecule has 2 atom stereocenters. The lowest BCUT2D eigenvalue weighted by molar-refractivity contribution is 0.0142. The summed E-state index contributed by atoms with van der Waals surface area (Å²) in [5.74, 6) is -0.449. The number of carbonyl (C=O) groups is 1. The van der Waals surface area contributed by atoms with Crippen molar-refractivity contribution < 1.29 is 9.18 Å². The van der Waals surface area contributed by atoms with E-state index in [9.17, 15) is 14.0 Å². The van der Waals surface area contributed by atoms with Crippen LogP contribution in [0.1, 0.15) is 80.5 Å². The van der Waals surface area contributed by atoms with Gasteiger partial charge in [0.25, 0.3) is 11.5 Å². The van der Waals surface area contributed by atoms with Gasteiger partial charge in [-0.05, 0) is 26.7 Å². The fourth-order valence-electron chi connectivity index (χ4n) is 4.78. The van der Waals surface area contributed by atoms with E-state index in [2.05, 4.69) is 27.0 Å². The first kappa shape index (κ1) is 25.0. The number of rotatable bonds is 11. The molecule has 1 fully saturated rings. The molecule has 8 nitrogen and oxygen atoms in total. The molecule has 4 heterocycles. The number of amides is 1. The maximum Gasteiger partial charge on any atom is 0.274 e. The lowest BCUT2D eigenvalue weighted by atomic mass is 9.90. The molecule has 0 radical (unpaired) electrons. The largest absolute Gasteiger partial charge is 0.343 e. The smallest absolute Gasteiger partial charge is 0.274 e. The van der Waals surface area contributed by atoms with Crippen LogP contribution in [0.5, 0.6) is 0 Å². The van der Waals surface area contributed by atoms with Gasteiger partial charge in [-0.3, -0.25) is 23.9 Å². The van der Waals surface area contributed by atoms with Crippen molar-refractivity contribution in [1.82, 2.24) is 29.5 Å². The first-order chi connectivity index (χ1) is 17.0. The molecular weight excluding hydrogens is 447 g/mol. The number of carbonyl (C=O) groups excluding carboxylic acids is 1. The fourth-order valence-corrected chi connectivity index (χ4v) is 4.78. The van der Waals surface area contributed by atoms with Gasteiger partial charge in [-0.15, -0.1) is 0 Å². The highest BCUT2D eigenvalue weighted by atomic mass is 19.1. The zero-order valence-corrected chi connectivity index (χ0v) is 20.9. The van der Waals surface area contributed by atoms with E-state index in [4.69, 9.17) is 0 Å². The predicted molar refractivity (Wildman–Crippen MR) is 133 cm³/mol. The summed E-state index contributed by atoms with van der Waals surface area (Å²) < 4.78 is 14.5. The highest BCUT2D eigenvalue weighted by Crippen LogP contribution is 2.32. The third-order valence-electron chi connectivity index (χ3n) is 7.10. The Morgan fingerprint density at radius 1 is 1.11 bits per heavy atom. The van der Waals surface area contributed by atoms with Crippen LogP contribution >= 0.6 is 0 Å². The van der Waals surface area contributed by atoms with Crippen LogP contribution in [0, 0.1) is 12.8 Å². The minimum absolute atomic E-state index is 0.172. The second-order valence-corrected chi connectivity index (χ2v) is 9.59. The van der Waals surface area contributed by atoms with E-state index in [-0.39, 0.29) is 29.0 Å². The van der Waals surface area contributed by atoms with Crippen LogP contribution in [-0.4, -0.2) is 54.6 Å². The van der Waals surface area contributed by atoms with E-state index < -0.39 is 6.67 Å². The maximum absolute atomic E-state index is 13.7. The average Bonchev–Trinajstić information content (AvgIpc) is 3.23. The Bertz CT molecular complexity index is 1240. The molecule has 1 aliphatic heterocycles. The van der Waals surface area contributed by atoms with Gasteiger partial charge >= 0.3 is 0 Å². The van der Waals surface area contributed by atoms with Crippen LogP contribution in [0.4, 0.5) is 4.39 Å². The summed E-state index contributed by atoms with van der Waals surface area (Å²) in [6.07, 6.45) is 12.1. The van der Waals surface area contributed by atoms with E-state index in [0.717, 1.165) is 25.0 Å². The quantitative estimate of drug-likeness (QED) is 0.406. The molecule has 0 aromatic carbocycles. The standard InChI is InChI=1S/C26H35FN6O2/c1-4-5-6-7-8-9-10-11-20-14-21(34)33-25(30-20)22(26(35)32-16-19(15-27)18(32)3)24(31-33)23-17(2)28-12-13-29-23/h12-14,18-19,30H,4-11,15-16H2,1-3H3/t18-,19-/m0/s1. The Balaban J connectivity index is 1.67. The summed E-state index contributed by atoms with van der Waals surface area (Å²) >= 11 is 0. The molecule has 3 aromatic heterocycles. The second-order valence-electron chi connectivity index (χ2n) is 9.59. The van der Waals surface area contributed by atoms with Gasteiger partial charge in [0.15, 0.2) is 5.65 Å². The number of likely N-dealkylation sites (tertiary alicyclic amines) is 1. The predicted octanol–water partition coefficient (Wildman–Crippen LogP) is 4.51. The number of hydrogen-bond donors (Lipinski definition) is 1. The van der Waals surface area contributed by atoms with E-state index >= 15 is 0 Å². The van der Waals surface area contributed by atoms with Gasteiger partial charge in [-0.25, -0.2) is 0 Å². The molecule has 35 heavy (non-hydrogen) atoms. The number of aromatic nitrogens is 5.